The maximum atomic E-state index is 11.7. The maximum Gasteiger partial charge on any atom is 0.321 e. The Balaban J connectivity index is 2.79. The molecule has 6 nitrogen and oxygen atoms in total. The molecule has 100 valence electrons. The highest BCUT2D eigenvalue weighted by molar-refractivity contribution is 7.88. The van der Waals surface area contributed by atoms with E-state index in [1.54, 1.807) is 24.3 Å². The lowest BCUT2D eigenvalue weighted by atomic mass is 10.2. The maximum absolute atomic E-state index is 11.7. The summed E-state index contributed by atoms with van der Waals surface area (Å²) in [7, 11) is -2.21. The second kappa shape index (κ2) is 5.83. The van der Waals surface area contributed by atoms with Gasteiger partial charge in [0.15, 0.2) is 0 Å². The Bertz CT molecular complexity index is 526. The van der Waals surface area contributed by atoms with E-state index in [0.717, 1.165) is 0 Å². The number of benzene rings is 1. The Labute approximate surface area is 106 Å². The molecule has 0 radical (unpaired) electrons. The topological polar surface area (TPSA) is 92.7 Å². The van der Waals surface area contributed by atoms with Crippen LogP contribution in [0.25, 0.3) is 0 Å². The van der Waals surface area contributed by atoms with E-state index < -0.39 is 22.0 Å². The number of nitrogens with one attached hydrogen (secondary N) is 1. The van der Waals surface area contributed by atoms with Crippen LogP contribution in [-0.2, 0) is 20.6 Å². The van der Waals surface area contributed by atoms with Gasteiger partial charge in [0, 0.05) is 0 Å². The number of rotatable bonds is 6. The molecule has 0 heterocycles. The first kappa shape index (κ1) is 14.5. The van der Waals surface area contributed by atoms with E-state index in [4.69, 9.17) is 9.84 Å². The smallest absolute Gasteiger partial charge is 0.321 e. The van der Waals surface area contributed by atoms with E-state index in [0.29, 0.717) is 11.3 Å². The standard InChI is InChI=1S/C11H15NO5S/c1-8(11(13)14)12-18(15,16)7-9-4-3-5-10(6-9)17-2/h3-6,8,12H,7H2,1-2H3,(H,13,14)/t8-/m1/s1. The van der Waals surface area contributed by atoms with Crippen LogP contribution >= 0.6 is 0 Å². The molecule has 0 saturated heterocycles. The number of hydrogen-bond acceptors (Lipinski definition) is 4. The van der Waals surface area contributed by atoms with Gasteiger partial charge in [-0.1, -0.05) is 12.1 Å². The third-order valence-electron chi connectivity index (χ3n) is 2.22. The van der Waals surface area contributed by atoms with Crippen LogP contribution in [0.3, 0.4) is 0 Å². The van der Waals surface area contributed by atoms with Crippen LogP contribution in [0.2, 0.25) is 0 Å². The molecule has 2 N–H and O–H groups in total. The average molecular weight is 273 g/mol. The summed E-state index contributed by atoms with van der Waals surface area (Å²) in [6.07, 6.45) is 0. The molecule has 1 aromatic carbocycles. The van der Waals surface area contributed by atoms with Crippen LogP contribution in [0.4, 0.5) is 0 Å². The molecule has 1 aromatic rings. The number of methoxy groups -OCH3 is 1. The molecule has 0 aliphatic rings. The van der Waals surface area contributed by atoms with Gasteiger partial charge in [-0.3, -0.25) is 4.79 Å². The molecule has 0 amide bonds. The first-order valence-electron chi connectivity index (χ1n) is 5.20. The summed E-state index contributed by atoms with van der Waals surface area (Å²) >= 11 is 0. The van der Waals surface area contributed by atoms with Crippen molar-refractivity contribution >= 4 is 16.0 Å². The minimum Gasteiger partial charge on any atom is -0.497 e. The van der Waals surface area contributed by atoms with Gasteiger partial charge in [-0.15, -0.1) is 0 Å². The fourth-order valence-corrected chi connectivity index (χ4v) is 2.68. The zero-order valence-electron chi connectivity index (χ0n) is 10.1. The third-order valence-corrected chi connectivity index (χ3v) is 3.64. The lowest BCUT2D eigenvalue weighted by Crippen LogP contribution is -2.38. The van der Waals surface area contributed by atoms with Gasteiger partial charge < -0.3 is 9.84 Å². The molecule has 0 aliphatic carbocycles. The van der Waals surface area contributed by atoms with Crippen molar-refractivity contribution in [2.24, 2.45) is 0 Å². The van der Waals surface area contributed by atoms with Crippen molar-refractivity contribution in [3.63, 3.8) is 0 Å². The zero-order chi connectivity index (χ0) is 13.8. The first-order valence-corrected chi connectivity index (χ1v) is 6.85. The molecular weight excluding hydrogens is 258 g/mol. The van der Waals surface area contributed by atoms with Crippen LogP contribution in [0.1, 0.15) is 12.5 Å². The van der Waals surface area contributed by atoms with Gasteiger partial charge in [0.05, 0.1) is 12.9 Å². The fourth-order valence-electron chi connectivity index (χ4n) is 1.34. The molecule has 18 heavy (non-hydrogen) atoms. The van der Waals surface area contributed by atoms with Crippen molar-refractivity contribution in [2.75, 3.05) is 7.11 Å². The van der Waals surface area contributed by atoms with E-state index in [1.165, 1.54) is 14.0 Å². The van der Waals surface area contributed by atoms with Gasteiger partial charge in [0.1, 0.15) is 11.8 Å². The summed E-state index contributed by atoms with van der Waals surface area (Å²) in [6, 6.07) is 5.44. The SMILES string of the molecule is COc1cccc(CS(=O)(=O)N[C@H](C)C(=O)O)c1. The molecule has 0 saturated carbocycles. The van der Waals surface area contributed by atoms with E-state index in [-0.39, 0.29) is 5.75 Å². The number of sulfonamides is 1. The summed E-state index contributed by atoms with van der Waals surface area (Å²) in [4.78, 5) is 10.6. The van der Waals surface area contributed by atoms with Crippen molar-refractivity contribution < 1.29 is 23.1 Å². The average Bonchev–Trinajstić information content (AvgIpc) is 2.27. The molecule has 7 heteroatoms. The van der Waals surface area contributed by atoms with Crippen molar-refractivity contribution in [1.29, 1.82) is 0 Å². The van der Waals surface area contributed by atoms with Gasteiger partial charge in [0.2, 0.25) is 10.0 Å². The van der Waals surface area contributed by atoms with Crippen molar-refractivity contribution in [2.45, 2.75) is 18.7 Å². The highest BCUT2D eigenvalue weighted by Gasteiger charge is 2.19. The molecular formula is C11H15NO5S. The van der Waals surface area contributed by atoms with Crippen LogP contribution in [0.5, 0.6) is 5.75 Å². The van der Waals surface area contributed by atoms with E-state index in [1.807, 2.05) is 0 Å². The molecule has 0 bridgehead atoms. The Morgan fingerprint density at radius 2 is 2.17 bits per heavy atom. The number of aliphatic carboxylic acids is 1. The highest BCUT2D eigenvalue weighted by atomic mass is 32.2. The molecule has 0 fully saturated rings. The number of ether oxygens (including phenoxy) is 1. The minimum atomic E-state index is -3.69. The molecule has 0 aromatic heterocycles. The quantitative estimate of drug-likeness (QED) is 0.791. The molecule has 1 atom stereocenters. The van der Waals surface area contributed by atoms with Gasteiger partial charge in [0.25, 0.3) is 0 Å². The number of carboxylic acids is 1. The molecule has 0 aliphatic heterocycles. The Morgan fingerprint density at radius 1 is 1.50 bits per heavy atom. The summed E-state index contributed by atoms with van der Waals surface area (Å²) in [5.74, 6) is -0.958. The molecule has 0 unspecified atom stereocenters. The monoisotopic (exact) mass is 273 g/mol. The fraction of sp³-hybridized carbons (Fsp3) is 0.364. The van der Waals surface area contributed by atoms with Gasteiger partial charge >= 0.3 is 5.97 Å². The largest absolute Gasteiger partial charge is 0.497 e. The highest BCUT2D eigenvalue weighted by Crippen LogP contribution is 2.14. The number of carboxylic acid groups (broad SMARTS) is 1. The first-order chi connectivity index (χ1) is 8.34. The predicted octanol–water partition coefficient (Wildman–Crippen LogP) is 0.588. The Hall–Kier alpha value is -1.60. The van der Waals surface area contributed by atoms with Crippen molar-refractivity contribution in [1.82, 2.24) is 4.72 Å². The van der Waals surface area contributed by atoms with Crippen LogP contribution in [0, 0.1) is 0 Å². The Morgan fingerprint density at radius 3 is 2.72 bits per heavy atom. The molecule has 1 rings (SSSR count). The zero-order valence-corrected chi connectivity index (χ0v) is 10.9. The van der Waals surface area contributed by atoms with E-state index >= 15 is 0 Å². The van der Waals surface area contributed by atoms with Crippen LogP contribution < -0.4 is 9.46 Å². The number of carbonyl (C=O) groups is 1. The van der Waals surface area contributed by atoms with Crippen molar-refractivity contribution in [3.05, 3.63) is 29.8 Å². The van der Waals surface area contributed by atoms with Gasteiger partial charge in [-0.25, -0.2) is 13.1 Å². The van der Waals surface area contributed by atoms with Gasteiger partial charge in [-0.2, -0.15) is 0 Å². The lowest BCUT2D eigenvalue weighted by molar-refractivity contribution is -0.138. The minimum absolute atomic E-state index is 0.290. The summed E-state index contributed by atoms with van der Waals surface area (Å²) in [5.41, 5.74) is 0.527. The van der Waals surface area contributed by atoms with Gasteiger partial charge in [-0.05, 0) is 24.6 Å². The summed E-state index contributed by atoms with van der Waals surface area (Å²) in [6.45, 7) is 1.27. The third kappa shape index (κ3) is 4.34. The van der Waals surface area contributed by atoms with Crippen LogP contribution in [0.15, 0.2) is 24.3 Å². The molecule has 0 spiro atoms. The van der Waals surface area contributed by atoms with Crippen molar-refractivity contribution in [3.8, 4) is 5.75 Å². The predicted molar refractivity (Wildman–Crippen MR) is 65.9 cm³/mol. The summed E-state index contributed by atoms with van der Waals surface area (Å²) < 4.78 is 30.5. The summed E-state index contributed by atoms with van der Waals surface area (Å²) in [5, 5.41) is 8.65. The number of hydrogen-bond donors (Lipinski definition) is 2. The second-order valence-electron chi connectivity index (χ2n) is 3.79. The second-order valence-corrected chi connectivity index (χ2v) is 5.54. The Kier molecular flexibility index (Phi) is 4.69. The lowest BCUT2D eigenvalue weighted by Gasteiger charge is -2.10. The van der Waals surface area contributed by atoms with Crippen LogP contribution in [-0.4, -0.2) is 32.6 Å². The normalized spacial score (nSPS) is 13.0. The van der Waals surface area contributed by atoms with E-state index in [2.05, 4.69) is 4.72 Å². The van der Waals surface area contributed by atoms with E-state index in [9.17, 15) is 13.2 Å².